The number of rotatable bonds is 2. The van der Waals surface area contributed by atoms with E-state index in [2.05, 4.69) is 0 Å². The molecule has 0 aromatic rings. The summed E-state index contributed by atoms with van der Waals surface area (Å²) in [5.74, 6) is -0.000278. The van der Waals surface area contributed by atoms with Crippen LogP contribution in [0.1, 0.15) is 12.8 Å². The molecule has 2 N–H and O–H groups in total. The van der Waals surface area contributed by atoms with Crippen LogP contribution in [0.15, 0.2) is 11.8 Å². The van der Waals surface area contributed by atoms with Crippen LogP contribution in [-0.2, 0) is 9.53 Å². The molecule has 0 unspecified atom stereocenters. The molecule has 0 amide bonds. The predicted molar refractivity (Wildman–Crippen MR) is 37.3 cm³/mol. The van der Waals surface area contributed by atoms with Crippen molar-refractivity contribution >= 4 is 5.78 Å². The lowest BCUT2D eigenvalue weighted by Crippen LogP contribution is -2.18. The van der Waals surface area contributed by atoms with Crippen LogP contribution in [0.3, 0.4) is 0 Å². The summed E-state index contributed by atoms with van der Waals surface area (Å²) in [7, 11) is 0. The lowest BCUT2D eigenvalue weighted by atomic mass is 10.1. The van der Waals surface area contributed by atoms with Crippen molar-refractivity contribution in [1.29, 1.82) is 0 Å². The summed E-state index contributed by atoms with van der Waals surface area (Å²) in [5.41, 5.74) is 5.89. The van der Waals surface area contributed by atoms with Crippen molar-refractivity contribution < 1.29 is 9.53 Å². The number of ketones is 1. The van der Waals surface area contributed by atoms with Crippen molar-refractivity contribution in [3.63, 3.8) is 0 Å². The lowest BCUT2D eigenvalue weighted by Gasteiger charge is -2.10. The second kappa shape index (κ2) is 3.37. The first-order valence-corrected chi connectivity index (χ1v) is 3.38. The first-order valence-electron chi connectivity index (χ1n) is 3.38. The molecule has 0 fully saturated rings. The molecule has 1 rings (SSSR count). The minimum atomic E-state index is -0.000278. The van der Waals surface area contributed by atoms with Gasteiger partial charge in [0.2, 0.25) is 0 Å². The second-order valence-electron chi connectivity index (χ2n) is 2.24. The highest BCUT2D eigenvalue weighted by molar-refractivity contribution is 5.96. The van der Waals surface area contributed by atoms with E-state index >= 15 is 0 Å². The molecule has 3 nitrogen and oxygen atoms in total. The zero-order chi connectivity index (χ0) is 7.40. The quantitative estimate of drug-likeness (QED) is 0.598. The first kappa shape index (κ1) is 7.28. The summed E-state index contributed by atoms with van der Waals surface area (Å²) in [5, 5.41) is 0. The third-order valence-corrected chi connectivity index (χ3v) is 1.48. The monoisotopic (exact) mass is 141 g/mol. The molecule has 0 bridgehead atoms. The average molecular weight is 141 g/mol. The topological polar surface area (TPSA) is 52.3 Å². The Morgan fingerprint density at radius 2 is 2.60 bits per heavy atom. The number of hydrogen-bond donors (Lipinski definition) is 1. The fourth-order valence-corrected chi connectivity index (χ4v) is 0.901. The third kappa shape index (κ3) is 1.57. The largest absolute Gasteiger partial charge is 0.501 e. The first-order chi connectivity index (χ1) is 4.84. The maximum absolute atomic E-state index is 10.9. The molecule has 10 heavy (non-hydrogen) atoms. The van der Waals surface area contributed by atoms with E-state index in [1.165, 1.54) is 6.26 Å². The molecular formula is C7H11NO2. The van der Waals surface area contributed by atoms with E-state index in [0.717, 1.165) is 25.0 Å². The third-order valence-electron chi connectivity index (χ3n) is 1.48. The molecule has 0 aromatic carbocycles. The van der Waals surface area contributed by atoms with Gasteiger partial charge in [-0.15, -0.1) is 0 Å². The summed E-state index contributed by atoms with van der Waals surface area (Å²) in [6.45, 7) is 0.816. The van der Waals surface area contributed by atoms with Crippen LogP contribution >= 0.6 is 0 Å². The van der Waals surface area contributed by atoms with Crippen molar-refractivity contribution in [2.75, 3.05) is 13.2 Å². The summed E-state index contributed by atoms with van der Waals surface area (Å²) >= 11 is 0. The van der Waals surface area contributed by atoms with E-state index in [4.69, 9.17) is 10.5 Å². The fraction of sp³-hybridized carbons (Fsp3) is 0.571. The van der Waals surface area contributed by atoms with E-state index < -0.39 is 0 Å². The van der Waals surface area contributed by atoms with Crippen molar-refractivity contribution in [2.45, 2.75) is 12.8 Å². The highest BCUT2D eigenvalue weighted by atomic mass is 16.5. The number of nitrogens with two attached hydrogens (primary N) is 1. The molecule has 0 saturated carbocycles. The summed E-state index contributed by atoms with van der Waals surface area (Å²) in [6.07, 6.45) is 3.27. The number of carbonyl (C=O) groups is 1. The van der Waals surface area contributed by atoms with Crippen LogP contribution in [0.5, 0.6) is 0 Å². The molecule has 1 heterocycles. The van der Waals surface area contributed by atoms with Crippen molar-refractivity contribution in [3.05, 3.63) is 11.8 Å². The smallest absolute Gasteiger partial charge is 0.175 e. The van der Waals surface area contributed by atoms with Crippen LogP contribution in [-0.4, -0.2) is 18.9 Å². The summed E-state index contributed by atoms with van der Waals surface area (Å²) in [6, 6.07) is 0. The number of Topliss-reactive ketones (excluding diaryl/α,β-unsaturated/α-hetero) is 1. The molecule has 0 spiro atoms. The van der Waals surface area contributed by atoms with Gasteiger partial charge in [-0.2, -0.15) is 0 Å². The van der Waals surface area contributed by atoms with Gasteiger partial charge in [-0.25, -0.2) is 0 Å². The SMILES string of the molecule is NCC(=O)C1=COCCC1. The molecule has 3 heteroatoms. The maximum Gasteiger partial charge on any atom is 0.175 e. The Balaban J connectivity index is 2.53. The van der Waals surface area contributed by atoms with Crippen LogP contribution in [0.2, 0.25) is 0 Å². The van der Waals surface area contributed by atoms with Gasteiger partial charge in [0, 0.05) is 5.57 Å². The summed E-state index contributed by atoms with van der Waals surface area (Å²) < 4.78 is 4.97. The molecule has 1 aliphatic rings. The van der Waals surface area contributed by atoms with Gasteiger partial charge in [0.15, 0.2) is 5.78 Å². The molecule has 1 aliphatic heterocycles. The normalized spacial score (nSPS) is 17.5. The van der Waals surface area contributed by atoms with E-state index in [-0.39, 0.29) is 12.3 Å². The Morgan fingerprint density at radius 1 is 1.80 bits per heavy atom. The van der Waals surface area contributed by atoms with Gasteiger partial charge >= 0.3 is 0 Å². The number of hydrogen-bond acceptors (Lipinski definition) is 3. The lowest BCUT2D eigenvalue weighted by molar-refractivity contribution is -0.114. The standard InChI is InChI=1S/C7H11NO2/c8-4-7(9)6-2-1-3-10-5-6/h5H,1-4,8H2. The van der Waals surface area contributed by atoms with Gasteiger partial charge in [0.1, 0.15) is 0 Å². The molecule has 0 radical (unpaired) electrons. The van der Waals surface area contributed by atoms with E-state index in [1.807, 2.05) is 0 Å². The van der Waals surface area contributed by atoms with Gasteiger partial charge < -0.3 is 10.5 Å². The van der Waals surface area contributed by atoms with Crippen LogP contribution in [0.4, 0.5) is 0 Å². The Morgan fingerprint density at radius 3 is 3.10 bits per heavy atom. The molecule has 0 aromatic heterocycles. The molecule has 0 aliphatic carbocycles. The van der Waals surface area contributed by atoms with E-state index in [0.29, 0.717) is 0 Å². The van der Waals surface area contributed by atoms with Gasteiger partial charge in [0.25, 0.3) is 0 Å². The van der Waals surface area contributed by atoms with Crippen LogP contribution in [0.25, 0.3) is 0 Å². The predicted octanol–water partition coefficient (Wildman–Crippen LogP) is 0.208. The van der Waals surface area contributed by atoms with Gasteiger partial charge in [-0.3, -0.25) is 4.79 Å². The average Bonchev–Trinajstić information content (AvgIpc) is 2.05. The maximum atomic E-state index is 10.9. The Hall–Kier alpha value is -0.830. The number of carbonyl (C=O) groups excluding carboxylic acids is 1. The van der Waals surface area contributed by atoms with Crippen LogP contribution < -0.4 is 5.73 Å². The van der Waals surface area contributed by atoms with Crippen molar-refractivity contribution in [1.82, 2.24) is 0 Å². The van der Waals surface area contributed by atoms with Crippen molar-refractivity contribution in [3.8, 4) is 0 Å². The fourth-order valence-electron chi connectivity index (χ4n) is 0.901. The van der Waals surface area contributed by atoms with Gasteiger partial charge in [-0.1, -0.05) is 0 Å². The zero-order valence-electron chi connectivity index (χ0n) is 5.80. The Bertz CT molecular complexity index is 163. The minimum absolute atomic E-state index is 0.000278. The highest BCUT2D eigenvalue weighted by Crippen LogP contribution is 2.11. The van der Waals surface area contributed by atoms with Crippen LogP contribution in [0, 0.1) is 0 Å². The minimum Gasteiger partial charge on any atom is -0.501 e. The highest BCUT2D eigenvalue weighted by Gasteiger charge is 2.10. The molecular weight excluding hydrogens is 130 g/mol. The molecule has 0 atom stereocenters. The second-order valence-corrected chi connectivity index (χ2v) is 2.24. The van der Waals surface area contributed by atoms with E-state index in [9.17, 15) is 4.79 Å². The summed E-state index contributed by atoms with van der Waals surface area (Å²) in [4.78, 5) is 10.9. The number of ether oxygens (including phenoxy) is 1. The van der Waals surface area contributed by atoms with E-state index in [1.54, 1.807) is 0 Å². The molecule has 56 valence electrons. The zero-order valence-corrected chi connectivity index (χ0v) is 5.80. The van der Waals surface area contributed by atoms with Gasteiger partial charge in [-0.05, 0) is 12.8 Å². The van der Waals surface area contributed by atoms with Gasteiger partial charge in [0.05, 0.1) is 19.4 Å². The van der Waals surface area contributed by atoms with Crippen molar-refractivity contribution in [2.24, 2.45) is 5.73 Å². The molecule has 0 saturated heterocycles. The Kier molecular flexibility index (Phi) is 2.45. The Labute approximate surface area is 59.8 Å².